The number of ether oxygens (including phenoxy) is 3. The van der Waals surface area contributed by atoms with Crippen molar-refractivity contribution in [2.45, 2.75) is 119 Å². The molecule has 0 radical (unpaired) electrons. The van der Waals surface area contributed by atoms with E-state index in [1.165, 1.54) is 0 Å². The van der Waals surface area contributed by atoms with E-state index in [0.29, 0.717) is 5.57 Å². The Morgan fingerprint density at radius 3 is 1.95 bits per heavy atom. The van der Waals surface area contributed by atoms with Gasteiger partial charge in [-0.2, -0.15) is 0 Å². The topological polar surface area (TPSA) is 144 Å². The summed E-state index contributed by atoms with van der Waals surface area (Å²) in [5, 5.41) is 16.9. The highest BCUT2D eigenvalue weighted by Crippen LogP contribution is 2.26. The molecule has 0 heterocycles. The molecule has 11 nitrogen and oxygen atoms in total. The van der Waals surface area contributed by atoms with Gasteiger partial charge in [0, 0.05) is 18.0 Å². The van der Waals surface area contributed by atoms with Crippen LogP contribution in [0.15, 0.2) is 11.6 Å². The van der Waals surface area contributed by atoms with E-state index < -0.39 is 59.3 Å². The third-order valence-electron chi connectivity index (χ3n) is 6.07. The zero-order valence-electron chi connectivity index (χ0n) is 26.5. The molecule has 0 aromatic carbocycles. The zero-order valence-corrected chi connectivity index (χ0v) is 26.5. The van der Waals surface area contributed by atoms with Crippen LogP contribution in [0, 0.1) is 11.3 Å². The number of hydrogen-bond donors (Lipinski definition) is 3. The summed E-state index contributed by atoms with van der Waals surface area (Å²) >= 11 is 0. The number of aliphatic hydroxyl groups excluding tert-OH is 1. The number of carbonyl (C=O) groups excluding carboxylic acids is 4. The second-order valence-electron chi connectivity index (χ2n) is 12.3. The molecule has 0 spiro atoms. The predicted molar refractivity (Wildman–Crippen MR) is 153 cm³/mol. The highest BCUT2D eigenvalue weighted by molar-refractivity contribution is 5.95. The third-order valence-corrected chi connectivity index (χ3v) is 6.07. The number of esters is 2. The first-order chi connectivity index (χ1) is 18.2. The largest absolute Gasteiger partial charge is 0.466 e. The van der Waals surface area contributed by atoms with E-state index in [9.17, 15) is 24.3 Å². The molecule has 232 valence electrons. The van der Waals surface area contributed by atoms with Crippen molar-refractivity contribution in [3.8, 4) is 0 Å². The van der Waals surface area contributed by atoms with Gasteiger partial charge in [0.25, 0.3) is 0 Å². The normalized spacial score (nSPS) is 15.6. The monoisotopic (exact) mass is 571 g/mol. The van der Waals surface area contributed by atoms with Crippen LogP contribution < -0.4 is 10.6 Å². The smallest absolute Gasteiger partial charge is 0.408 e. The lowest BCUT2D eigenvalue weighted by Gasteiger charge is -2.42. The number of likely N-dealkylation sites (N-methyl/N-ethyl adjacent to an activating group) is 1. The molecule has 0 rings (SSSR count). The summed E-state index contributed by atoms with van der Waals surface area (Å²) in [5.74, 6) is -1.65. The van der Waals surface area contributed by atoms with Gasteiger partial charge in [-0.1, -0.05) is 40.7 Å². The number of amides is 2. The zero-order chi connectivity index (χ0) is 31.4. The second-order valence-corrected chi connectivity index (χ2v) is 12.3. The number of rotatable bonds is 14. The van der Waals surface area contributed by atoms with Crippen LogP contribution in [0.25, 0.3) is 0 Å². The van der Waals surface area contributed by atoms with Crippen LogP contribution >= 0.6 is 0 Å². The first-order valence-corrected chi connectivity index (χ1v) is 14.0. The quantitative estimate of drug-likeness (QED) is 0.123. The van der Waals surface area contributed by atoms with Crippen molar-refractivity contribution in [1.82, 2.24) is 15.5 Å². The number of nitrogens with zero attached hydrogens (tertiary/aromatic N) is 1. The molecule has 40 heavy (non-hydrogen) atoms. The number of hydrogen-bond acceptors (Lipinski definition) is 9. The van der Waals surface area contributed by atoms with Gasteiger partial charge in [0.05, 0.1) is 19.3 Å². The summed E-state index contributed by atoms with van der Waals surface area (Å²) in [6.07, 6.45) is -0.0667. The van der Waals surface area contributed by atoms with Gasteiger partial charge in [0.1, 0.15) is 17.9 Å². The summed E-state index contributed by atoms with van der Waals surface area (Å²) in [5.41, 5.74) is -0.918. The molecule has 0 aromatic rings. The fraction of sp³-hybridized carbons (Fsp3) is 0.793. The van der Waals surface area contributed by atoms with Crippen LogP contribution in [-0.2, 0) is 28.6 Å². The molecule has 0 saturated carbocycles. The minimum atomic E-state index is -1.12. The molecule has 0 aliphatic carbocycles. The van der Waals surface area contributed by atoms with Gasteiger partial charge in [0.15, 0.2) is 0 Å². The van der Waals surface area contributed by atoms with Gasteiger partial charge in [-0.15, -0.1) is 0 Å². The summed E-state index contributed by atoms with van der Waals surface area (Å²) < 4.78 is 15.4. The lowest BCUT2D eigenvalue weighted by molar-refractivity contribution is -0.148. The van der Waals surface area contributed by atoms with E-state index >= 15 is 0 Å². The Bertz CT molecular complexity index is 873. The maximum absolute atomic E-state index is 13.1. The minimum absolute atomic E-state index is 0.0331. The van der Waals surface area contributed by atoms with E-state index in [4.69, 9.17) is 14.2 Å². The summed E-state index contributed by atoms with van der Waals surface area (Å²) in [6.45, 7) is 20.2. The highest BCUT2D eigenvalue weighted by Gasteiger charge is 2.38. The molecular formula is C29H53N3O8. The van der Waals surface area contributed by atoms with Gasteiger partial charge in [-0.3, -0.25) is 14.5 Å². The van der Waals surface area contributed by atoms with Crippen molar-refractivity contribution >= 4 is 23.9 Å². The number of aliphatic hydroxyl groups is 1. The Hall–Kier alpha value is -2.66. The fourth-order valence-corrected chi connectivity index (χ4v) is 3.96. The number of nitrogens with one attached hydrogen (secondary N) is 2. The lowest BCUT2D eigenvalue weighted by atomic mass is 9.84. The molecule has 2 amide bonds. The van der Waals surface area contributed by atoms with Gasteiger partial charge >= 0.3 is 18.0 Å². The molecule has 3 N–H and O–H groups in total. The summed E-state index contributed by atoms with van der Waals surface area (Å²) in [4.78, 5) is 51.6. The average Bonchev–Trinajstić information content (AvgIpc) is 2.80. The number of carbonyl (C=O) groups is 4. The molecule has 0 aliphatic rings. The first kappa shape index (κ1) is 37.3. The van der Waals surface area contributed by atoms with Crippen LogP contribution in [-0.4, -0.2) is 84.2 Å². The predicted octanol–water partition coefficient (Wildman–Crippen LogP) is 3.54. The fourth-order valence-electron chi connectivity index (χ4n) is 3.96. The van der Waals surface area contributed by atoms with Crippen LogP contribution in [0.5, 0.6) is 0 Å². The maximum atomic E-state index is 13.1. The molecule has 1 unspecified atom stereocenters. The average molecular weight is 572 g/mol. The Labute approximate surface area is 240 Å². The van der Waals surface area contributed by atoms with Gasteiger partial charge in [0.2, 0.25) is 5.91 Å². The van der Waals surface area contributed by atoms with E-state index in [1.54, 1.807) is 59.6 Å². The second kappa shape index (κ2) is 16.6. The molecule has 4 atom stereocenters. The SMILES string of the molecule is CCOC(=O)CC[C@@H](NC(=O)/C(C)=C/[C@H](C(C)C)N(C)C(O)[C@@H](NC(=O)OC(C)(C)C)C(C)(C)C)C(=O)OCC. The highest BCUT2D eigenvalue weighted by atomic mass is 16.6. The maximum Gasteiger partial charge on any atom is 0.408 e. The van der Waals surface area contributed by atoms with E-state index in [-0.39, 0.29) is 32.0 Å². The van der Waals surface area contributed by atoms with Gasteiger partial charge < -0.3 is 30.0 Å². The minimum Gasteiger partial charge on any atom is -0.466 e. The van der Waals surface area contributed by atoms with Gasteiger partial charge in [-0.05, 0) is 66.3 Å². The molecule has 0 saturated heterocycles. The Morgan fingerprint density at radius 1 is 0.950 bits per heavy atom. The van der Waals surface area contributed by atoms with Crippen LogP contribution in [0.2, 0.25) is 0 Å². The molecule has 11 heteroatoms. The Balaban J connectivity index is 5.89. The van der Waals surface area contributed by atoms with Crippen LogP contribution in [0.4, 0.5) is 4.79 Å². The van der Waals surface area contributed by atoms with Crippen molar-refractivity contribution in [3.05, 3.63) is 11.6 Å². The van der Waals surface area contributed by atoms with Crippen molar-refractivity contribution in [2.24, 2.45) is 11.3 Å². The molecule has 0 aliphatic heterocycles. The van der Waals surface area contributed by atoms with Crippen LogP contribution in [0.3, 0.4) is 0 Å². The van der Waals surface area contributed by atoms with E-state index in [2.05, 4.69) is 10.6 Å². The Morgan fingerprint density at radius 2 is 1.50 bits per heavy atom. The standard InChI is InChI=1S/C29H53N3O8/c1-13-38-22(33)16-15-20(26(36)39-14-2)30-24(34)19(5)17-21(18(3)4)32(12)25(35)23(28(6,7)8)31-27(37)40-29(9,10)11/h17-18,20-21,23,25,35H,13-16H2,1-12H3,(H,30,34)(H,31,37)/b19-17+/t20-,21-,23-,25?/m1/s1. The lowest BCUT2D eigenvalue weighted by Crippen LogP contribution is -2.59. The number of alkyl carbamates (subject to hydrolysis) is 1. The third kappa shape index (κ3) is 13.6. The van der Waals surface area contributed by atoms with Crippen molar-refractivity contribution < 1.29 is 38.5 Å². The van der Waals surface area contributed by atoms with Crippen molar-refractivity contribution in [2.75, 3.05) is 20.3 Å². The molecule has 0 bridgehead atoms. The van der Waals surface area contributed by atoms with E-state index in [0.717, 1.165) is 0 Å². The molecule has 0 fully saturated rings. The van der Waals surface area contributed by atoms with Crippen molar-refractivity contribution in [1.29, 1.82) is 0 Å². The van der Waals surface area contributed by atoms with Gasteiger partial charge in [-0.25, -0.2) is 9.59 Å². The molecule has 0 aromatic heterocycles. The first-order valence-electron chi connectivity index (χ1n) is 14.0. The van der Waals surface area contributed by atoms with E-state index in [1.807, 2.05) is 34.6 Å². The van der Waals surface area contributed by atoms with Crippen molar-refractivity contribution in [3.63, 3.8) is 0 Å². The summed E-state index contributed by atoms with van der Waals surface area (Å²) in [7, 11) is 1.72. The Kier molecular flexibility index (Phi) is 15.5. The molecular weight excluding hydrogens is 518 g/mol. The van der Waals surface area contributed by atoms with Crippen LogP contribution in [0.1, 0.15) is 89.0 Å². The summed E-state index contributed by atoms with van der Waals surface area (Å²) in [6, 6.07) is -2.14.